The van der Waals surface area contributed by atoms with E-state index in [9.17, 15) is 4.79 Å². The third kappa shape index (κ3) is 2.42. The lowest BCUT2D eigenvalue weighted by molar-refractivity contribution is 0.0404. The van der Waals surface area contributed by atoms with Crippen LogP contribution in [0.2, 0.25) is 0 Å². The molecule has 3 aromatic rings. The second kappa shape index (κ2) is 5.36. The Morgan fingerprint density at radius 3 is 2.45 bits per heavy atom. The Hall–Kier alpha value is -2.95. The maximum absolute atomic E-state index is 12.0. The molecule has 0 aliphatic heterocycles. The van der Waals surface area contributed by atoms with Crippen molar-refractivity contribution in [3.63, 3.8) is 0 Å². The number of carbonyl (C=O) groups excluding carboxylic acids is 1. The summed E-state index contributed by atoms with van der Waals surface area (Å²) >= 11 is 0. The normalized spacial score (nSPS) is 10.2. The van der Waals surface area contributed by atoms with Gasteiger partial charge in [0.1, 0.15) is 5.69 Å². The van der Waals surface area contributed by atoms with Crippen LogP contribution in [-0.2, 0) is 0 Å². The molecule has 0 saturated carbocycles. The number of benzene rings is 1. The monoisotopic (exact) mass is 265 g/mol. The van der Waals surface area contributed by atoms with Gasteiger partial charge in [-0.3, -0.25) is 4.98 Å². The standard InChI is InChI=1S/C15H11N3O2/c19-15(13-6-9-16-10-7-13)20-18-14(8-11-17-18)12-4-2-1-3-5-12/h1-11H. The highest BCUT2D eigenvalue weighted by Gasteiger charge is 2.12. The molecule has 2 aromatic heterocycles. The van der Waals surface area contributed by atoms with Gasteiger partial charge < -0.3 is 4.84 Å². The molecule has 0 radical (unpaired) electrons. The number of hydrogen-bond acceptors (Lipinski definition) is 4. The fourth-order valence-corrected chi connectivity index (χ4v) is 1.80. The maximum Gasteiger partial charge on any atom is 0.365 e. The van der Waals surface area contributed by atoms with Gasteiger partial charge in [-0.15, -0.1) is 5.10 Å². The van der Waals surface area contributed by atoms with Gasteiger partial charge in [0.25, 0.3) is 0 Å². The van der Waals surface area contributed by atoms with Gasteiger partial charge in [-0.1, -0.05) is 35.2 Å². The molecule has 0 aliphatic carbocycles. The molecular weight excluding hydrogens is 254 g/mol. The van der Waals surface area contributed by atoms with Gasteiger partial charge in [0.15, 0.2) is 0 Å². The number of pyridine rings is 1. The first kappa shape index (κ1) is 12.1. The minimum Gasteiger partial charge on any atom is -0.313 e. The van der Waals surface area contributed by atoms with E-state index in [2.05, 4.69) is 10.1 Å². The lowest BCUT2D eigenvalue weighted by atomic mass is 10.2. The van der Waals surface area contributed by atoms with Crippen molar-refractivity contribution >= 4 is 5.97 Å². The molecule has 0 amide bonds. The topological polar surface area (TPSA) is 57.0 Å². The van der Waals surface area contributed by atoms with Crippen molar-refractivity contribution < 1.29 is 9.63 Å². The maximum atomic E-state index is 12.0. The summed E-state index contributed by atoms with van der Waals surface area (Å²) < 4.78 is 0. The molecule has 0 unspecified atom stereocenters. The Kier molecular flexibility index (Phi) is 3.24. The van der Waals surface area contributed by atoms with E-state index in [1.54, 1.807) is 24.4 Å². The Morgan fingerprint density at radius 2 is 1.70 bits per heavy atom. The van der Waals surface area contributed by atoms with Crippen molar-refractivity contribution in [3.05, 3.63) is 72.7 Å². The molecule has 0 aliphatic rings. The number of hydrogen-bond donors (Lipinski definition) is 0. The molecule has 20 heavy (non-hydrogen) atoms. The molecule has 0 bridgehead atoms. The molecule has 0 spiro atoms. The second-order valence-corrected chi connectivity index (χ2v) is 4.07. The van der Waals surface area contributed by atoms with Crippen molar-refractivity contribution in [1.29, 1.82) is 0 Å². The molecule has 2 heterocycles. The highest BCUT2D eigenvalue weighted by atomic mass is 16.7. The SMILES string of the molecule is O=C(On1nccc1-c1ccccc1)c1ccncc1. The molecule has 0 saturated heterocycles. The van der Waals surface area contributed by atoms with Crippen LogP contribution in [0.5, 0.6) is 0 Å². The highest BCUT2D eigenvalue weighted by Crippen LogP contribution is 2.17. The summed E-state index contributed by atoms with van der Waals surface area (Å²) in [5, 5.41) is 4.02. The molecule has 0 N–H and O–H groups in total. The summed E-state index contributed by atoms with van der Waals surface area (Å²) in [6.07, 6.45) is 4.66. The van der Waals surface area contributed by atoms with E-state index in [0.717, 1.165) is 5.56 Å². The molecule has 5 nitrogen and oxygen atoms in total. The minimum absolute atomic E-state index is 0.425. The molecule has 1 aromatic carbocycles. The Labute approximate surface area is 115 Å². The zero-order valence-corrected chi connectivity index (χ0v) is 10.5. The van der Waals surface area contributed by atoms with Crippen LogP contribution in [0.3, 0.4) is 0 Å². The van der Waals surface area contributed by atoms with Crippen LogP contribution in [0.25, 0.3) is 11.3 Å². The predicted octanol–water partition coefficient (Wildman–Crippen LogP) is 2.21. The van der Waals surface area contributed by atoms with Crippen LogP contribution in [0.15, 0.2) is 67.1 Å². The van der Waals surface area contributed by atoms with E-state index in [4.69, 9.17) is 4.84 Å². The smallest absolute Gasteiger partial charge is 0.313 e. The molecule has 3 rings (SSSR count). The van der Waals surface area contributed by atoms with Crippen LogP contribution >= 0.6 is 0 Å². The van der Waals surface area contributed by atoms with Crippen molar-refractivity contribution in [3.8, 4) is 11.3 Å². The van der Waals surface area contributed by atoms with Crippen LogP contribution in [0, 0.1) is 0 Å². The van der Waals surface area contributed by atoms with Gasteiger partial charge in [-0.25, -0.2) is 4.79 Å². The zero-order chi connectivity index (χ0) is 13.8. The summed E-state index contributed by atoms with van der Waals surface area (Å²) in [7, 11) is 0. The van der Waals surface area contributed by atoms with Crippen molar-refractivity contribution in [2.45, 2.75) is 0 Å². The number of aromatic nitrogens is 3. The van der Waals surface area contributed by atoms with Crippen LogP contribution in [0.4, 0.5) is 0 Å². The van der Waals surface area contributed by atoms with Crippen LogP contribution in [0.1, 0.15) is 10.4 Å². The van der Waals surface area contributed by atoms with Gasteiger partial charge >= 0.3 is 5.97 Å². The average molecular weight is 265 g/mol. The third-order valence-corrected chi connectivity index (χ3v) is 2.76. The number of carbonyl (C=O) groups is 1. The quantitative estimate of drug-likeness (QED) is 0.728. The van der Waals surface area contributed by atoms with Crippen LogP contribution in [-0.4, -0.2) is 20.9 Å². The van der Waals surface area contributed by atoms with Gasteiger partial charge in [0.05, 0.1) is 11.8 Å². The zero-order valence-electron chi connectivity index (χ0n) is 10.5. The lowest BCUT2D eigenvalue weighted by Gasteiger charge is -2.07. The molecule has 0 fully saturated rings. The number of rotatable bonds is 3. The van der Waals surface area contributed by atoms with Crippen molar-refractivity contribution in [2.24, 2.45) is 0 Å². The fourth-order valence-electron chi connectivity index (χ4n) is 1.80. The average Bonchev–Trinajstić information content (AvgIpc) is 2.97. The third-order valence-electron chi connectivity index (χ3n) is 2.76. The summed E-state index contributed by atoms with van der Waals surface area (Å²) in [4.78, 5) is 22.3. The second-order valence-electron chi connectivity index (χ2n) is 4.07. The van der Waals surface area contributed by atoms with E-state index in [-0.39, 0.29) is 0 Å². The number of nitrogens with zero attached hydrogens (tertiary/aromatic N) is 3. The van der Waals surface area contributed by atoms with Gasteiger partial charge in [0.2, 0.25) is 0 Å². The van der Waals surface area contributed by atoms with Crippen LogP contribution < -0.4 is 4.84 Å². The summed E-state index contributed by atoms with van der Waals surface area (Å²) in [6.45, 7) is 0. The van der Waals surface area contributed by atoms with E-state index in [0.29, 0.717) is 11.3 Å². The largest absolute Gasteiger partial charge is 0.365 e. The first-order valence-corrected chi connectivity index (χ1v) is 6.07. The van der Waals surface area contributed by atoms with E-state index in [1.807, 2.05) is 30.3 Å². The lowest BCUT2D eigenvalue weighted by Crippen LogP contribution is -2.21. The van der Waals surface area contributed by atoms with E-state index < -0.39 is 5.97 Å². The van der Waals surface area contributed by atoms with Crippen molar-refractivity contribution in [2.75, 3.05) is 0 Å². The van der Waals surface area contributed by atoms with E-state index >= 15 is 0 Å². The summed E-state index contributed by atoms with van der Waals surface area (Å²) in [5.74, 6) is -0.478. The van der Waals surface area contributed by atoms with Crippen molar-refractivity contribution in [1.82, 2.24) is 14.9 Å². The fraction of sp³-hybridized carbons (Fsp3) is 0. The highest BCUT2D eigenvalue weighted by molar-refractivity contribution is 5.89. The summed E-state index contributed by atoms with van der Waals surface area (Å²) in [6, 6.07) is 14.6. The molecular formula is C15H11N3O2. The first-order valence-electron chi connectivity index (χ1n) is 6.07. The Morgan fingerprint density at radius 1 is 0.950 bits per heavy atom. The Bertz CT molecular complexity index is 708. The summed E-state index contributed by atoms with van der Waals surface area (Å²) in [5.41, 5.74) is 2.06. The molecule has 0 atom stereocenters. The first-order chi connectivity index (χ1) is 9.84. The molecule has 98 valence electrons. The predicted molar refractivity (Wildman–Crippen MR) is 72.8 cm³/mol. The van der Waals surface area contributed by atoms with Gasteiger partial charge in [-0.2, -0.15) is 0 Å². The Balaban J connectivity index is 1.86. The molecule has 5 heteroatoms. The van der Waals surface area contributed by atoms with Gasteiger partial charge in [-0.05, 0) is 18.2 Å². The van der Waals surface area contributed by atoms with E-state index in [1.165, 1.54) is 17.2 Å². The van der Waals surface area contributed by atoms with Gasteiger partial charge in [0, 0.05) is 18.0 Å². The minimum atomic E-state index is -0.478.